The molecule has 0 fully saturated rings. The molecule has 1 aromatic carbocycles. The highest BCUT2D eigenvalue weighted by atomic mass is 16.2. The van der Waals surface area contributed by atoms with E-state index in [-0.39, 0.29) is 18.9 Å². The van der Waals surface area contributed by atoms with Crippen molar-refractivity contribution in [3.63, 3.8) is 0 Å². The molecule has 0 bridgehead atoms. The SMILES string of the molecule is CCC(=O)NN(C[C]=O)C(=O)C=Cc1ccccc1. The highest BCUT2D eigenvalue weighted by Gasteiger charge is 2.12. The summed E-state index contributed by atoms with van der Waals surface area (Å²) in [6.07, 6.45) is 4.71. The fraction of sp³-hybridized carbons (Fsp3) is 0.214. The van der Waals surface area contributed by atoms with Crippen molar-refractivity contribution in [2.75, 3.05) is 6.54 Å². The van der Waals surface area contributed by atoms with Gasteiger partial charge in [-0.15, -0.1) is 0 Å². The van der Waals surface area contributed by atoms with Crippen molar-refractivity contribution in [1.29, 1.82) is 0 Å². The molecular weight excluding hydrogens is 244 g/mol. The molecule has 0 aliphatic carbocycles. The van der Waals surface area contributed by atoms with E-state index in [1.54, 1.807) is 19.3 Å². The van der Waals surface area contributed by atoms with E-state index in [0.29, 0.717) is 0 Å². The van der Waals surface area contributed by atoms with Gasteiger partial charge in [-0.3, -0.25) is 19.8 Å². The lowest BCUT2D eigenvalue weighted by atomic mass is 10.2. The monoisotopic (exact) mass is 259 g/mol. The Bertz CT molecular complexity index is 469. The second-order valence-electron chi connectivity index (χ2n) is 3.70. The molecule has 0 spiro atoms. The third-order valence-electron chi connectivity index (χ3n) is 2.29. The van der Waals surface area contributed by atoms with Crippen LogP contribution in [0.25, 0.3) is 6.08 Å². The van der Waals surface area contributed by atoms with Gasteiger partial charge in [0.15, 0.2) is 0 Å². The summed E-state index contributed by atoms with van der Waals surface area (Å²) in [6.45, 7) is 1.35. The van der Waals surface area contributed by atoms with Crippen molar-refractivity contribution in [1.82, 2.24) is 10.4 Å². The number of carbonyl (C=O) groups is 2. The van der Waals surface area contributed by atoms with Crippen LogP contribution < -0.4 is 5.43 Å². The van der Waals surface area contributed by atoms with Gasteiger partial charge in [0.1, 0.15) is 6.54 Å². The van der Waals surface area contributed by atoms with Crippen molar-refractivity contribution in [2.24, 2.45) is 0 Å². The van der Waals surface area contributed by atoms with Crippen molar-refractivity contribution >= 4 is 24.2 Å². The maximum Gasteiger partial charge on any atom is 0.265 e. The summed E-state index contributed by atoms with van der Waals surface area (Å²) >= 11 is 0. The normalized spacial score (nSPS) is 10.2. The Morgan fingerprint density at radius 1 is 1.32 bits per heavy atom. The maximum atomic E-state index is 11.8. The zero-order valence-electron chi connectivity index (χ0n) is 10.6. The Balaban J connectivity index is 2.69. The van der Waals surface area contributed by atoms with E-state index in [1.807, 2.05) is 30.3 Å². The molecular formula is C14H15N2O3. The molecule has 0 aromatic heterocycles. The molecule has 99 valence electrons. The van der Waals surface area contributed by atoms with Crippen molar-refractivity contribution in [3.05, 3.63) is 42.0 Å². The van der Waals surface area contributed by atoms with Crippen LogP contribution in [0.4, 0.5) is 0 Å². The number of rotatable bonds is 5. The maximum absolute atomic E-state index is 11.8. The molecule has 1 N–H and O–H groups in total. The fourth-order valence-electron chi connectivity index (χ4n) is 1.29. The van der Waals surface area contributed by atoms with E-state index >= 15 is 0 Å². The molecule has 0 aliphatic rings. The number of carbonyl (C=O) groups excluding carboxylic acids is 3. The first-order chi connectivity index (χ1) is 9.17. The second-order valence-corrected chi connectivity index (χ2v) is 3.70. The zero-order chi connectivity index (χ0) is 14.1. The predicted molar refractivity (Wildman–Crippen MR) is 71.3 cm³/mol. The van der Waals surface area contributed by atoms with Crippen LogP contribution in [0.2, 0.25) is 0 Å². The van der Waals surface area contributed by atoms with Crippen LogP contribution in [0.3, 0.4) is 0 Å². The van der Waals surface area contributed by atoms with Gasteiger partial charge in [0.2, 0.25) is 12.2 Å². The summed E-state index contributed by atoms with van der Waals surface area (Å²) < 4.78 is 0. The molecule has 19 heavy (non-hydrogen) atoms. The first-order valence-electron chi connectivity index (χ1n) is 5.86. The number of nitrogens with zero attached hydrogens (tertiary/aromatic N) is 1. The standard InChI is InChI=1S/C14H15N2O3/c1-2-13(18)15-16(10-11-17)14(19)9-8-12-6-4-3-5-7-12/h3-9H,2,10H2,1H3,(H,15,18). The molecule has 0 saturated carbocycles. The minimum Gasteiger partial charge on any atom is -0.289 e. The van der Waals surface area contributed by atoms with Crippen LogP contribution in [0.5, 0.6) is 0 Å². The molecule has 2 amide bonds. The summed E-state index contributed by atoms with van der Waals surface area (Å²) in [6, 6.07) is 9.24. The van der Waals surface area contributed by atoms with E-state index in [2.05, 4.69) is 5.43 Å². The number of hydrogen-bond acceptors (Lipinski definition) is 3. The van der Waals surface area contributed by atoms with Crippen molar-refractivity contribution in [2.45, 2.75) is 13.3 Å². The summed E-state index contributed by atoms with van der Waals surface area (Å²) in [5, 5.41) is 0.929. The summed E-state index contributed by atoms with van der Waals surface area (Å²) in [4.78, 5) is 33.4. The third kappa shape index (κ3) is 5.16. The minimum absolute atomic E-state index is 0.227. The molecule has 0 heterocycles. The molecule has 1 radical (unpaired) electrons. The number of hydrogen-bond donors (Lipinski definition) is 1. The third-order valence-corrected chi connectivity index (χ3v) is 2.29. The lowest BCUT2D eigenvalue weighted by Gasteiger charge is -2.18. The topological polar surface area (TPSA) is 66.5 Å². The van der Waals surface area contributed by atoms with Gasteiger partial charge in [-0.05, 0) is 11.6 Å². The average molecular weight is 259 g/mol. The molecule has 1 rings (SSSR count). The van der Waals surface area contributed by atoms with E-state index in [0.717, 1.165) is 10.6 Å². The molecule has 0 aliphatic heterocycles. The average Bonchev–Trinajstić information content (AvgIpc) is 2.45. The number of nitrogens with one attached hydrogen (secondary N) is 1. The van der Waals surface area contributed by atoms with Crippen molar-refractivity contribution in [3.8, 4) is 0 Å². The largest absolute Gasteiger partial charge is 0.289 e. The van der Waals surface area contributed by atoms with Gasteiger partial charge in [-0.1, -0.05) is 37.3 Å². The van der Waals surface area contributed by atoms with E-state index in [4.69, 9.17) is 0 Å². The Kier molecular flexibility index (Phi) is 6.02. The first kappa shape index (κ1) is 14.6. The van der Waals surface area contributed by atoms with Crippen molar-refractivity contribution < 1.29 is 14.4 Å². The quantitative estimate of drug-likeness (QED) is 0.635. The lowest BCUT2D eigenvalue weighted by Crippen LogP contribution is -2.46. The smallest absolute Gasteiger partial charge is 0.265 e. The highest BCUT2D eigenvalue weighted by Crippen LogP contribution is 2.01. The zero-order valence-corrected chi connectivity index (χ0v) is 10.6. The number of benzene rings is 1. The van der Waals surface area contributed by atoms with Gasteiger partial charge in [0, 0.05) is 12.5 Å². The Hall–Kier alpha value is -2.43. The van der Waals surface area contributed by atoms with Crippen LogP contribution in [-0.4, -0.2) is 29.7 Å². The molecule has 0 unspecified atom stereocenters. The Labute approximate surface area is 111 Å². The Morgan fingerprint density at radius 3 is 2.58 bits per heavy atom. The molecule has 5 heteroatoms. The highest BCUT2D eigenvalue weighted by molar-refractivity contribution is 5.94. The minimum atomic E-state index is -0.478. The van der Waals surface area contributed by atoms with Gasteiger partial charge >= 0.3 is 0 Å². The van der Waals surface area contributed by atoms with Crippen LogP contribution in [0, 0.1) is 0 Å². The number of amides is 2. The van der Waals surface area contributed by atoms with Gasteiger partial charge in [0.05, 0.1) is 0 Å². The van der Waals surface area contributed by atoms with E-state index in [1.165, 1.54) is 6.08 Å². The second kappa shape index (κ2) is 7.81. The summed E-state index contributed by atoms with van der Waals surface area (Å²) in [5.41, 5.74) is 3.19. The van der Waals surface area contributed by atoms with Gasteiger partial charge in [-0.2, -0.15) is 0 Å². The molecule has 0 saturated heterocycles. The summed E-state index contributed by atoms with van der Waals surface area (Å²) in [7, 11) is 0. The predicted octanol–water partition coefficient (Wildman–Crippen LogP) is 1.08. The van der Waals surface area contributed by atoms with Crippen LogP contribution in [-0.2, 0) is 14.4 Å². The van der Waals surface area contributed by atoms with Crippen LogP contribution in [0.1, 0.15) is 18.9 Å². The molecule has 1 aromatic rings. The van der Waals surface area contributed by atoms with E-state index in [9.17, 15) is 14.4 Å². The van der Waals surface area contributed by atoms with Crippen LogP contribution >= 0.6 is 0 Å². The number of hydrazine groups is 1. The summed E-state index contributed by atoms with van der Waals surface area (Å²) in [5.74, 6) is -0.814. The molecule has 5 nitrogen and oxygen atoms in total. The van der Waals surface area contributed by atoms with Gasteiger partial charge < -0.3 is 0 Å². The first-order valence-corrected chi connectivity index (χ1v) is 5.86. The van der Waals surface area contributed by atoms with E-state index < -0.39 is 5.91 Å². The molecule has 0 atom stereocenters. The Morgan fingerprint density at radius 2 is 2.00 bits per heavy atom. The van der Waals surface area contributed by atoms with Gasteiger partial charge in [-0.25, -0.2) is 5.01 Å². The fourth-order valence-corrected chi connectivity index (χ4v) is 1.29. The van der Waals surface area contributed by atoms with Crippen LogP contribution in [0.15, 0.2) is 36.4 Å². The lowest BCUT2D eigenvalue weighted by molar-refractivity contribution is -0.136. The van der Waals surface area contributed by atoms with Gasteiger partial charge in [0.25, 0.3) is 5.91 Å².